The Morgan fingerprint density at radius 1 is 0.317 bits per heavy atom. The van der Waals surface area contributed by atoms with E-state index in [2.05, 4.69) is 0 Å². The normalized spacial score (nSPS) is 9.67. The Kier molecular flexibility index (Phi) is 29.7. The van der Waals surface area contributed by atoms with Crippen molar-refractivity contribution in [2.24, 2.45) is 10.8 Å². The van der Waals surface area contributed by atoms with Gasteiger partial charge in [-0.1, -0.05) is 112 Å². The van der Waals surface area contributed by atoms with E-state index in [-0.39, 0.29) is 38.4 Å². The van der Waals surface area contributed by atoms with E-state index < -0.39 is 35.3 Å². The molecule has 10 N–H and O–H groups in total. The second-order valence-corrected chi connectivity index (χ2v) is 13.1. The molecule has 0 aliphatic heterocycles. The molecule has 0 atom stereocenters. The van der Waals surface area contributed by atoms with Crippen LogP contribution in [0.2, 0.25) is 0 Å². The van der Waals surface area contributed by atoms with Crippen molar-refractivity contribution in [3.05, 3.63) is 179 Å². The second-order valence-electron chi connectivity index (χ2n) is 13.1. The van der Waals surface area contributed by atoms with Crippen LogP contribution in [0.5, 0.6) is 0 Å². The van der Waals surface area contributed by atoms with Crippen molar-refractivity contribution in [3.63, 3.8) is 0 Å². The predicted molar refractivity (Wildman–Crippen MR) is 224 cm³/mol. The molecule has 0 aliphatic carbocycles. The van der Waals surface area contributed by atoms with Crippen molar-refractivity contribution >= 4 is 29.8 Å². The van der Waals surface area contributed by atoms with Crippen LogP contribution in [0.3, 0.4) is 0 Å². The van der Waals surface area contributed by atoms with E-state index in [1.807, 2.05) is 0 Å². The van der Waals surface area contributed by atoms with Gasteiger partial charge in [-0.05, 0) is 60.7 Å². The van der Waals surface area contributed by atoms with Crippen molar-refractivity contribution in [2.45, 2.75) is 20.8 Å². The van der Waals surface area contributed by atoms with Crippen molar-refractivity contribution in [1.82, 2.24) is 0 Å². The molecule has 0 heterocycles. The lowest BCUT2D eigenvalue weighted by molar-refractivity contribution is 0.0200. The third-order valence-electron chi connectivity index (χ3n) is 7.10. The van der Waals surface area contributed by atoms with Crippen LogP contribution >= 0.6 is 0 Å². The number of carboxylic acid groups (broad SMARTS) is 5. The van der Waals surface area contributed by atoms with Gasteiger partial charge in [-0.25, -0.2) is 24.0 Å². The highest BCUT2D eigenvalue weighted by Gasteiger charge is 2.20. The number of aliphatic hydroxyl groups is 5. The van der Waals surface area contributed by atoms with E-state index >= 15 is 0 Å². The zero-order chi connectivity index (χ0) is 46.0. The fourth-order valence-corrected chi connectivity index (χ4v) is 3.10. The minimum Gasteiger partial charge on any atom is -0.478 e. The number of carbonyl (C=O) groups is 5. The molecular formula is C45H54O15. The topological polar surface area (TPSA) is 288 Å². The molecule has 0 saturated carbocycles. The number of carboxylic acids is 5. The van der Waals surface area contributed by atoms with Crippen molar-refractivity contribution < 1.29 is 75.0 Å². The smallest absolute Gasteiger partial charge is 0.335 e. The van der Waals surface area contributed by atoms with Gasteiger partial charge in [0, 0.05) is 10.8 Å². The Balaban J connectivity index is 0. The van der Waals surface area contributed by atoms with Gasteiger partial charge in [-0.2, -0.15) is 0 Å². The van der Waals surface area contributed by atoms with E-state index in [0.717, 1.165) is 0 Å². The Labute approximate surface area is 348 Å². The molecule has 60 heavy (non-hydrogen) atoms. The average molecular weight is 835 g/mol. The summed E-state index contributed by atoms with van der Waals surface area (Å²) in [7, 11) is 0. The maximum Gasteiger partial charge on any atom is 0.335 e. The fourth-order valence-electron chi connectivity index (χ4n) is 3.10. The molecule has 0 unspecified atom stereocenters. The van der Waals surface area contributed by atoms with Gasteiger partial charge in [0.2, 0.25) is 0 Å². The van der Waals surface area contributed by atoms with Gasteiger partial charge in [0.05, 0.1) is 60.9 Å². The minimum absolute atomic E-state index is 0.0451. The molecule has 5 rings (SSSR count). The monoisotopic (exact) mass is 834 g/mol. The Morgan fingerprint density at radius 3 is 0.517 bits per heavy atom. The number of benzene rings is 5. The first kappa shape index (κ1) is 55.3. The molecule has 0 aliphatic rings. The molecule has 0 saturated heterocycles. The first-order valence-electron chi connectivity index (χ1n) is 17.8. The van der Waals surface area contributed by atoms with E-state index in [4.69, 9.17) is 51.1 Å². The van der Waals surface area contributed by atoms with Crippen LogP contribution < -0.4 is 0 Å². The van der Waals surface area contributed by atoms with Crippen molar-refractivity contribution in [1.29, 1.82) is 0 Å². The predicted octanol–water partition coefficient (Wildman–Crippen LogP) is 5.89. The number of aromatic carboxylic acids is 5. The number of aliphatic hydroxyl groups excluding tert-OH is 5. The molecule has 0 spiro atoms. The zero-order valence-corrected chi connectivity index (χ0v) is 33.5. The summed E-state index contributed by atoms with van der Waals surface area (Å²) in [5.74, 6) is -4.40. The molecule has 0 fully saturated rings. The SMILES string of the molecule is CC(C)(CO)CO.CC(CO)(CO)CO.O=C(O)c1ccccc1.O=C(O)c1ccccc1.O=C(O)c1ccccc1.O=C(O)c1ccccc1.O=C(O)c1ccccc1. The lowest BCUT2D eigenvalue weighted by atomic mass is 9.95. The van der Waals surface area contributed by atoms with E-state index in [0.29, 0.717) is 27.8 Å². The van der Waals surface area contributed by atoms with Crippen LogP contribution in [0, 0.1) is 10.8 Å². The molecule has 0 amide bonds. The summed E-state index contributed by atoms with van der Waals surface area (Å²) in [6, 6.07) is 41.5. The molecule has 0 aromatic heterocycles. The standard InChI is InChI=1S/5C7H6O2.C5H12O3.C5H12O2/c5*8-7(9)6-4-2-1-3-5-6;1-5(2-6,3-7)4-8;1-5(2,3-6)4-7/h5*1-5H,(H,8,9);6-8H,2-4H2,1H3;6-7H,3-4H2,1-2H3. The highest BCUT2D eigenvalue weighted by molar-refractivity contribution is 5.89. The van der Waals surface area contributed by atoms with E-state index in [1.54, 1.807) is 172 Å². The number of hydrogen-bond donors (Lipinski definition) is 10. The first-order chi connectivity index (χ1) is 28.3. The maximum atomic E-state index is 10.2. The summed E-state index contributed by atoms with van der Waals surface area (Å²) >= 11 is 0. The maximum absolute atomic E-state index is 10.2. The molecule has 0 radical (unpaired) electrons. The zero-order valence-electron chi connectivity index (χ0n) is 33.5. The number of hydrogen-bond acceptors (Lipinski definition) is 10. The highest BCUT2D eigenvalue weighted by Crippen LogP contribution is 2.11. The molecule has 5 aromatic carbocycles. The van der Waals surface area contributed by atoms with Gasteiger partial charge in [-0.3, -0.25) is 0 Å². The summed E-state index contributed by atoms with van der Waals surface area (Å²) in [6.07, 6.45) is 0. The fraction of sp³-hybridized carbons (Fsp3) is 0.222. The van der Waals surface area contributed by atoms with Crippen LogP contribution in [0.15, 0.2) is 152 Å². The molecule has 5 aromatic rings. The summed E-state index contributed by atoms with van der Waals surface area (Å²) in [5.41, 5.74) is 0.641. The molecule has 324 valence electrons. The second kappa shape index (κ2) is 32.2. The molecule has 0 bridgehead atoms. The average Bonchev–Trinajstić information content (AvgIpc) is 3.29. The van der Waals surface area contributed by atoms with Crippen LogP contribution in [0.1, 0.15) is 72.6 Å². The van der Waals surface area contributed by atoms with Gasteiger partial charge in [-0.15, -0.1) is 0 Å². The largest absolute Gasteiger partial charge is 0.478 e. The third-order valence-corrected chi connectivity index (χ3v) is 7.10. The first-order valence-corrected chi connectivity index (χ1v) is 17.8. The van der Waals surface area contributed by atoms with Crippen LogP contribution in [-0.2, 0) is 0 Å². The summed E-state index contributed by atoms with van der Waals surface area (Å²) in [4.78, 5) is 51.0. The van der Waals surface area contributed by atoms with Gasteiger partial charge < -0.3 is 51.1 Å². The summed E-state index contributed by atoms with van der Waals surface area (Å²) < 4.78 is 0. The van der Waals surface area contributed by atoms with Gasteiger partial charge in [0.15, 0.2) is 0 Å². The van der Waals surface area contributed by atoms with Gasteiger partial charge in [0.25, 0.3) is 0 Å². The Bertz CT molecular complexity index is 1580. The lowest BCUT2D eigenvalue weighted by Gasteiger charge is -2.20. The third kappa shape index (κ3) is 27.8. The number of rotatable bonds is 10. The summed E-state index contributed by atoms with van der Waals surface area (Å²) in [5, 5.41) is 84.2. The quantitative estimate of drug-likeness (QED) is 0.0785. The lowest BCUT2D eigenvalue weighted by Crippen LogP contribution is -2.29. The molecule has 15 nitrogen and oxygen atoms in total. The van der Waals surface area contributed by atoms with Crippen LogP contribution in [0.25, 0.3) is 0 Å². The van der Waals surface area contributed by atoms with Gasteiger partial charge in [0.1, 0.15) is 0 Å². The van der Waals surface area contributed by atoms with E-state index in [9.17, 15) is 24.0 Å². The van der Waals surface area contributed by atoms with Gasteiger partial charge >= 0.3 is 29.8 Å². The van der Waals surface area contributed by atoms with Crippen LogP contribution in [-0.4, -0.2) is 114 Å². The summed E-state index contributed by atoms with van der Waals surface area (Å²) in [6.45, 7) is 4.75. The van der Waals surface area contributed by atoms with E-state index in [1.165, 1.54) is 0 Å². The molecule has 15 heteroatoms. The highest BCUT2D eigenvalue weighted by atomic mass is 16.4. The molecular weight excluding hydrogens is 780 g/mol. The van der Waals surface area contributed by atoms with Crippen LogP contribution in [0.4, 0.5) is 0 Å². The Morgan fingerprint density at radius 2 is 0.467 bits per heavy atom. The Hall–Kier alpha value is -6.75. The minimum atomic E-state index is -0.879. The van der Waals surface area contributed by atoms with Crippen molar-refractivity contribution in [3.8, 4) is 0 Å². The van der Waals surface area contributed by atoms with Crippen molar-refractivity contribution in [2.75, 3.05) is 33.0 Å².